The first-order valence-corrected chi connectivity index (χ1v) is 30.1. The lowest BCUT2D eigenvalue weighted by atomic mass is 10.0. The molecule has 0 radical (unpaired) electrons. The van der Waals surface area contributed by atoms with Crippen molar-refractivity contribution >= 4 is 17.9 Å². The lowest BCUT2D eigenvalue weighted by Gasteiger charge is -2.18. The molecule has 0 aromatic heterocycles. The molecule has 1 unspecified atom stereocenters. The van der Waals surface area contributed by atoms with Crippen LogP contribution in [-0.4, -0.2) is 37.2 Å². The molecule has 6 nitrogen and oxygen atoms in total. The van der Waals surface area contributed by atoms with Crippen LogP contribution in [0.25, 0.3) is 0 Å². The van der Waals surface area contributed by atoms with Gasteiger partial charge < -0.3 is 14.2 Å². The number of ether oxygens (including phenoxy) is 3. The standard InChI is InChI=1S/C65H112O6/c1-4-7-10-13-16-19-22-25-27-28-29-30-31-32-33-34-35-36-38-40-43-46-49-52-55-58-64(67)70-61-62(60-69-63(66)57-54-51-48-45-42-39-24-21-18-15-12-9-6-3)71-65(68)59-56-53-50-47-44-41-37-26-23-20-17-14-11-8-5-2/h8,11-12,15,17,20-22,24-26,28-29,37,62H,4-7,9-10,13-14,16,18-19,23,27,30-36,38-61H2,1-3H3/b11-8-,15-12-,20-17-,24-21-,25-22-,29-28-,37-26-. The smallest absolute Gasteiger partial charge is 0.306 e. The van der Waals surface area contributed by atoms with E-state index in [2.05, 4.69) is 106 Å². The van der Waals surface area contributed by atoms with Gasteiger partial charge in [0.15, 0.2) is 6.10 Å². The van der Waals surface area contributed by atoms with Gasteiger partial charge in [-0.25, -0.2) is 0 Å². The number of hydrogen-bond acceptors (Lipinski definition) is 6. The van der Waals surface area contributed by atoms with Gasteiger partial charge in [-0.2, -0.15) is 0 Å². The molecule has 0 N–H and O–H groups in total. The number of carbonyl (C=O) groups is 3. The number of hydrogen-bond donors (Lipinski definition) is 0. The third-order valence-corrected chi connectivity index (χ3v) is 12.8. The molecule has 0 aromatic carbocycles. The van der Waals surface area contributed by atoms with Crippen LogP contribution in [0.3, 0.4) is 0 Å². The third kappa shape index (κ3) is 57.4. The van der Waals surface area contributed by atoms with Crippen molar-refractivity contribution in [3.63, 3.8) is 0 Å². The molecule has 0 bridgehead atoms. The average molecular weight is 990 g/mol. The van der Waals surface area contributed by atoms with E-state index < -0.39 is 6.10 Å². The van der Waals surface area contributed by atoms with E-state index in [0.29, 0.717) is 19.3 Å². The highest BCUT2D eigenvalue weighted by Crippen LogP contribution is 2.16. The van der Waals surface area contributed by atoms with Gasteiger partial charge in [0.2, 0.25) is 0 Å². The zero-order valence-corrected chi connectivity index (χ0v) is 46.7. The summed E-state index contributed by atoms with van der Waals surface area (Å²) >= 11 is 0. The van der Waals surface area contributed by atoms with E-state index in [1.54, 1.807) is 0 Å². The molecule has 71 heavy (non-hydrogen) atoms. The molecule has 0 aliphatic heterocycles. The van der Waals surface area contributed by atoms with Gasteiger partial charge in [0, 0.05) is 19.3 Å². The van der Waals surface area contributed by atoms with Gasteiger partial charge in [0.1, 0.15) is 13.2 Å². The van der Waals surface area contributed by atoms with Crippen molar-refractivity contribution in [1.29, 1.82) is 0 Å². The molecule has 0 aromatic rings. The van der Waals surface area contributed by atoms with E-state index in [9.17, 15) is 14.4 Å². The van der Waals surface area contributed by atoms with E-state index in [4.69, 9.17) is 14.2 Å². The second-order valence-corrected chi connectivity index (χ2v) is 19.9. The first-order chi connectivity index (χ1) is 35.0. The summed E-state index contributed by atoms with van der Waals surface area (Å²) in [5.41, 5.74) is 0. The molecule has 6 heteroatoms. The SMILES string of the molecule is CC/C=C\C/C=C\C/C=C\CCCCCCCC(=O)OC(COC(=O)CCCCCCC/C=C\C/C=C\CCC)COC(=O)CCCCCCCCCCCCCCC/C=C\C/C=C\CCCCCCC. The maximum absolute atomic E-state index is 12.8. The molecule has 0 fully saturated rings. The van der Waals surface area contributed by atoms with Crippen molar-refractivity contribution in [2.24, 2.45) is 0 Å². The van der Waals surface area contributed by atoms with Crippen molar-refractivity contribution < 1.29 is 28.6 Å². The lowest BCUT2D eigenvalue weighted by Crippen LogP contribution is -2.30. The Labute approximate surface area is 439 Å². The zero-order chi connectivity index (χ0) is 51.4. The Bertz CT molecular complexity index is 1370. The van der Waals surface area contributed by atoms with Gasteiger partial charge in [0.25, 0.3) is 0 Å². The summed E-state index contributed by atoms with van der Waals surface area (Å²) in [6, 6.07) is 0. The van der Waals surface area contributed by atoms with E-state index in [0.717, 1.165) is 135 Å². The monoisotopic (exact) mass is 989 g/mol. The molecule has 0 rings (SSSR count). The van der Waals surface area contributed by atoms with Gasteiger partial charge in [-0.15, -0.1) is 0 Å². The Morgan fingerprint density at radius 1 is 0.296 bits per heavy atom. The van der Waals surface area contributed by atoms with Crippen LogP contribution in [0.2, 0.25) is 0 Å². The highest BCUT2D eigenvalue weighted by atomic mass is 16.6. The minimum Gasteiger partial charge on any atom is -0.462 e. The van der Waals surface area contributed by atoms with Crippen molar-refractivity contribution in [2.45, 2.75) is 297 Å². The topological polar surface area (TPSA) is 78.9 Å². The molecule has 0 saturated carbocycles. The summed E-state index contributed by atoms with van der Waals surface area (Å²) in [7, 11) is 0. The van der Waals surface area contributed by atoms with Crippen LogP contribution in [0.1, 0.15) is 290 Å². The molecule has 0 heterocycles. The van der Waals surface area contributed by atoms with Gasteiger partial charge >= 0.3 is 17.9 Å². The van der Waals surface area contributed by atoms with Crippen molar-refractivity contribution in [2.75, 3.05) is 13.2 Å². The summed E-state index contributed by atoms with van der Waals surface area (Å²) in [5, 5.41) is 0. The molecule has 0 aliphatic rings. The van der Waals surface area contributed by atoms with Gasteiger partial charge in [0.05, 0.1) is 0 Å². The maximum Gasteiger partial charge on any atom is 0.306 e. The fraction of sp³-hybridized carbons (Fsp3) is 0.738. The van der Waals surface area contributed by atoms with Gasteiger partial charge in [-0.1, -0.05) is 247 Å². The van der Waals surface area contributed by atoms with Crippen molar-refractivity contribution in [3.8, 4) is 0 Å². The number of esters is 3. The first-order valence-electron chi connectivity index (χ1n) is 30.1. The predicted octanol–water partition coefficient (Wildman–Crippen LogP) is 20.3. The summed E-state index contributed by atoms with van der Waals surface area (Å²) in [6.07, 6.45) is 77.3. The van der Waals surface area contributed by atoms with Crippen LogP contribution in [0.15, 0.2) is 85.1 Å². The van der Waals surface area contributed by atoms with E-state index in [1.165, 1.54) is 116 Å². The highest BCUT2D eigenvalue weighted by molar-refractivity contribution is 5.71. The largest absolute Gasteiger partial charge is 0.462 e. The van der Waals surface area contributed by atoms with Gasteiger partial charge in [-0.3, -0.25) is 14.4 Å². The summed E-state index contributed by atoms with van der Waals surface area (Å²) in [5.74, 6) is -0.914. The minimum atomic E-state index is -0.792. The molecule has 1 atom stereocenters. The Morgan fingerprint density at radius 2 is 0.577 bits per heavy atom. The lowest BCUT2D eigenvalue weighted by molar-refractivity contribution is -0.167. The molecular formula is C65H112O6. The maximum atomic E-state index is 12.8. The normalized spacial score (nSPS) is 12.7. The Kier molecular flexibility index (Phi) is 56.3. The summed E-state index contributed by atoms with van der Waals surface area (Å²) < 4.78 is 16.9. The van der Waals surface area contributed by atoms with Crippen molar-refractivity contribution in [3.05, 3.63) is 85.1 Å². The Morgan fingerprint density at radius 3 is 0.915 bits per heavy atom. The van der Waals surface area contributed by atoms with E-state index in [1.807, 2.05) is 0 Å². The quantitative estimate of drug-likeness (QED) is 0.0261. The minimum absolute atomic E-state index is 0.0880. The second kappa shape index (κ2) is 59.2. The van der Waals surface area contributed by atoms with Crippen LogP contribution in [0.5, 0.6) is 0 Å². The average Bonchev–Trinajstić information content (AvgIpc) is 3.37. The van der Waals surface area contributed by atoms with Crippen LogP contribution < -0.4 is 0 Å². The summed E-state index contributed by atoms with van der Waals surface area (Å²) in [6.45, 7) is 6.44. The molecule has 0 saturated heterocycles. The van der Waals surface area contributed by atoms with Crippen LogP contribution in [0.4, 0.5) is 0 Å². The number of rotatable bonds is 54. The first kappa shape index (κ1) is 67.6. The summed E-state index contributed by atoms with van der Waals surface area (Å²) in [4.78, 5) is 38.2. The van der Waals surface area contributed by atoms with E-state index >= 15 is 0 Å². The van der Waals surface area contributed by atoms with Crippen LogP contribution in [0, 0.1) is 0 Å². The molecule has 0 amide bonds. The number of carbonyl (C=O) groups excluding carboxylic acids is 3. The number of unbranched alkanes of at least 4 members (excludes halogenated alkanes) is 29. The second-order valence-electron chi connectivity index (χ2n) is 19.9. The Hall–Kier alpha value is -3.41. The van der Waals surface area contributed by atoms with Crippen LogP contribution in [-0.2, 0) is 28.6 Å². The Balaban J connectivity index is 4.30. The molecule has 0 spiro atoms. The molecule has 408 valence electrons. The van der Waals surface area contributed by atoms with Crippen LogP contribution >= 0.6 is 0 Å². The van der Waals surface area contributed by atoms with E-state index in [-0.39, 0.29) is 31.1 Å². The fourth-order valence-corrected chi connectivity index (χ4v) is 8.35. The fourth-order valence-electron chi connectivity index (χ4n) is 8.35. The van der Waals surface area contributed by atoms with Gasteiger partial charge in [-0.05, 0) is 109 Å². The zero-order valence-electron chi connectivity index (χ0n) is 46.7. The molecule has 0 aliphatic carbocycles. The highest BCUT2D eigenvalue weighted by Gasteiger charge is 2.19. The third-order valence-electron chi connectivity index (χ3n) is 12.8. The predicted molar refractivity (Wildman–Crippen MR) is 307 cm³/mol. The number of allylic oxidation sites excluding steroid dienone is 14. The van der Waals surface area contributed by atoms with Crippen molar-refractivity contribution in [1.82, 2.24) is 0 Å². The molecular weight excluding hydrogens is 877 g/mol.